The van der Waals surface area contributed by atoms with Gasteiger partial charge in [-0.05, 0) is 41.2 Å². The molecule has 1 aromatic rings. The monoisotopic (exact) mass is 262 g/mol. The van der Waals surface area contributed by atoms with Crippen molar-refractivity contribution >= 4 is 33.0 Å². The van der Waals surface area contributed by atoms with Gasteiger partial charge in [0.15, 0.2) is 5.78 Å². The fourth-order valence-electron chi connectivity index (χ4n) is 0.813. The number of hydrogen-bond acceptors (Lipinski definition) is 3. The summed E-state index contributed by atoms with van der Waals surface area (Å²) in [4.78, 5) is 12.4. The van der Waals surface area contributed by atoms with Gasteiger partial charge in [0.25, 0.3) is 0 Å². The lowest BCUT2D eigenvalue weighted by Gasteiger charge is -2.14. The Balaban J connectivity index is 2.71. The first-order valence-corrected chi connectivity index (χ1v) is 5.56. The van der Waals surface area contributed by atoms with Crippen molar-refractivity contribution in [2.24, 2.45) is 0 Å². The maximum absolute atomic E-state index is 11.4. The number of Topliss-reactive ketones (excluding diaryl/α,β-unsaturated/α-hetero) is 1. The van der Waals surface area contributed by atoms with Gasteiger partial charge >= 0.3 is 0 Å². The Morgan fingerprint density at radius 3 is 2.69 bits per heavy atom. The SMILES string of the molecule is CC(C)(O)C(=O)Cc1sccc1Br. The zero-order valence-corrected chi connectivity index (χ0v) is 9.91. The second-order valence-corrected chi connectivity index (χ2v) is 5.21. The van der Waals surface area contributed by atoms with Gasteiger partial charge in [-0.15, -0.1) is 11.3 Å². The summed E-state index contributed by atoms with van der Waals surface area (Å²) in [7, 11) is 0. The molecule has 0 spiro atoms. The van der Waals surface area contributed by atoms with Crippen LogP contribution in [-0.4, -0.2) is 16.5 Å². The second kappa shape index (κ2) is 3.90. The summed E-state index contributed by atoms with van der Waals surface area (Å²) in [6.07, 6.45) is 0.293. The van der Waals surface area contributed by atoms with Crippen LogP contribution in [0, 0.1) is 0 Å². The Hall–Kier alpha value is -0.190. The fourth-order valence-corrected chi connectivity index (χ4v) is 2.30. The third-order valence-electron chi connectivity index (χ3n) is 1.69. The molecule has 0 bridgehead atoms. The first-order valence-electron chi connectivity index (χ1n) is 3.89. The average Bonchev–Trinajstić information content (AvgIpc) is 2.34. The van der Waals surface area contributed by atoms with Crippen LogP contribution < -0.4 is 0 Å². The molecule has 1 aromatic heterocycles. The standard InChI is InChI=1S/C9H11BrO2S/c1-9(2,12)8(11)5-7-6(10)3-4-13-7/h3-4,12H,5H2,1-2H3. The van der Waals surface area contributed by atoms with Crippen molar-refractivity contribution in [2.75, 3.05) is 0 Å². The van der Waals surface area contributed by atoms with Crippen LogP contribution in [0.3, 0.4) is 0 Å². The highest BCUT2D eigenvalue weighted by atomic mass is 79.9. The number of carbonyl (C=O) groups is 1. The second-order valence-electron chi connectivity index (χ2n) is 3.35. The van der Waals surface area contributed by atoms with Crippen molar-refractivity contribution < 1.29 is 9.90 Å². The average molecular weight is 263 g/mol. The minimum Gasteiger partial charge on any atom is -0.383 e. The molecular formula is C9H11BrO2S. The first kappa shape index (κ1) is 10.9. The van der Waals surface area contributed by atoms with E-state index in [1.54, 1.807) is 0 Å². The first-order chi connectivity index (χ1) is 5.91. The third kappa shape index (κ3) is 2.90. The van der Waals surface area contributed by atoms with Crippen molar-refractivity contribution in [3.63, 3.8) is 0 Å². The van der Waals surface area contributed by atoms with Crippen LogP contribution in [0.2, 0.25) is 0 Å². The number of hydrogen-bond donors (Lipinski definition) is 1. The van der Waals surface area contributed by atoms with E-state index in [-0.39, 0.29) is 5.78 Å². The van der Waals surface area contributed by atoms with E-state index in [4.69, 9.17) is 0 Å². The Morgan fingerprint density at radius 1 is 1.69 bits per heavy atom. The number of aliphatic hydroxyl groups is 1. The maximum Gasteiger partial charge on any atom is 0.168 e. The van der Waals surface area contributed by atoms with Crippen molar-refractivity contribution in [2.45, 2.75) is 25.9 Å². The van der Waals surface area contributed by atoms with Gasteiger partial charge < -0.3 is 5.11 Å². The van der Waals surface area contributed by atoms with Crippen LogP contribution in [-0.2, 0) is 11.2 Å². The smallest absolute Gasteiger partial charge is 0.168 e. The van der Waals surface area contributed by atoms with Crippen LogP contribution in [0.15, 0.2) is 15.9 Å². The number of carbonyl (C=O) groups excluding carboxylic acids is 1. The molecule has 2 nitrogen and oxygen atoms in total. The molecule has 0 radical (unpaired) electrons. The lowest BCUT2D eigenvalue weighted by atomic mass is 10.0. The van der Waals surface area contributed by atoms with Gasteiger partial charge in [-0.2, -0.15) is 0 Å². The molecule has 0 saturated heterocycles. The predicted octanol–water partition coefficient (Wildman–Crippen LogP) is 2.39. The molecule has 1 rings (SSSR count). The predicted molar refractivity (Wildman–Crippen MR) is 57.0 cm³/mol. The molecule has 72 valence electrons. The van der Waals surface area contributed by atoms with E-state index < -0.39 is 5.60 Å². The molecule has 0 unspecified atom stereocenters. The van der Waals surface area contributed by atoms with Crippen LogP contribution >= 0.6 is 27.3 Å². The summed E-state index contributed by atoms with van der Waals surface area (Å²) < 4.78 is 0.940. The van der Waals surface area contributed by atoms with Gasteiger partial charge in [-0.25, -0.2) is 0 Å². The van der Waals surface area contributed by atoms with Crippen LogP contribution in [0.4, 0.5) is 0 Å². The summed E-state index contributed by atoms with van der Waals surface area (Å²) in [6, 6.07) is 1.90. The summed E-state index contributed by atoms with van der Waals surface area (Å²) in [5.74, 6) is -0.157. The lowest BCUT2D eigenvalue weighted by molar-refractivity contribution is -0.133. The minimum absolute atomic E-state index is 0.157. The largest absolute Gasteiger partial charge is 0.383 e. The summed E-state index contributed by atoms with van der Waals surface area (Å²) >= 11 is 4.85. The number of halogens is 1. The molecule has 0 atom stereocenters. The maximum atomic E-state index is 11.4. The summed E-state index contributed by atoms with van der Waals surface area (Å²) in [5.41, 5.74) is -1.23. The van der Waals surface area contributed by atoms with Crippen molar-refractivity contribution in [3.05, 3.63) is 20.8 Å². The van der Waals surface area contributed by atoms with E-state index in [0.717, 1.165) is 9.35 Å². The van der Waals surface area contributed by atoms with E-state index in [0.29, 0.717) is 6.42 Å². The van der Waals surface area contributed by atoms with Crippen molar-refractivity contribution in [1.29, 1.82) is 0 Å². The van der Waals surface area contributed by atoms with E-state index in [1.165, 1.54) is 25.2 Å². The lowest BCUT2D eigenvalue weighted by Crippen LogP contribution is -2.32. The van der Waals surface area contributed by atoms with E-state index in [2.05, 4.69) is 15.9 Å². The van der Waals surface area contributed by atoms with Gasteiger partial charge in [0, 0.05) is 15.8 Å². The molecule has 0 aliphatic carbocycles. The normalized spacial score (nSPS) is 11.7. The third-order valence-corrected chi connectivity index (χ3v) is 3.62. The fraction of sp³-hybridized carbons (Fsp3) is 0.444. The van der Waals surface area contributed by atoms with Gasteiger partial charge in [-0.1, -0.05) is 0 Å². The molecule has 0 aliphatic heterocycles. The Morgan fingerprint density at radius 2 is 2.31 bits per heavy atom. The molecule has 0 fully saturated rings. The quantitative estimate of drug-likeness (QED) is 0.909. The highest BCUT2D eigenvalue weighted by Crippen LogP contribution is 2.24. The summed E-state index contributed by atoms with van der Waals surface area (Å²) in [5, 5.41) is 11.3. The van der Waals surface area contributed by atoms with E-state index in [1.807, 2.05) is 11.4 Å². The molecule has 0 saturated carbocycles. The molecule has 4 heteroatoms. The molecular weight excluding hydrogens is 252 g/mol. The Kier molecular flexibility index (Phi) is 3.27. The number of thiophene rings is 1. The topological polar surface area (TPSA) is 37.3 Å². The van der Waals surface area contributed by atoms with Crippen molar-refractivity contribution in [3.8, 4) is 0 Å². The van der Waals surface area contributed by atoms with E-state index >= 15 is 0 Å². The van der Waals surface area contributed by atoms with Gasteiger partial charge in [-0.3, -0.25) is 4.79 Å². The van der Waals surface area contributed by atoms with Gasteiger partial charge in [0.2, 0.25) is 0 Å². The molecule has 0 aromatic carbocycles. The van der Waals surface area contributed by atoms with Gasteiger partial charge in [0.1, 0.15) is 5.60 Å². The minimum atomic E-state index is -1.23. The molecule has 1 heterocycles. The Labute approximate surface area is 89.7 Å². The zero-order chi connectivity index (χ0) is 10.1. The highest BCUT2D eigenvalue weighted by Gasteiger charge is 2.24. The van der Waals surface area contributed by atoms with Crippen LogP contribution in [0.1, 0.15) is 18.7 Å². The van der Waals surface area contributed by atoms with E-state index in [9.17, 15) is 9.90 Å². The molecule has 1 N–H and O–H groups in total. The van der Waals surface area contributed by atoms with Crippen molar-refractivity contribution in [1.82, 2.24) is 0 Å². The summed E-state index contributed by atoms with van der Waals surface area (Å²) in [6.45, 7) is 3.02. The molecule has 0 aliphatic rings. The molecule has 13 heavy (non-hydrogen) atoms. The number of rotatable bonds is 3. The van der Waals surface area contributed by atoms with Gasteiger partial charge in [0.05, 0.1) is 0 Å². The van der Waals surface area contributed by atoms with Crippen LogP contribution in [0.5, 0.6) is 0 Å². The highest BCUT2D eigenvalue weighted by molar-refractivity contribution is 9.10. The molecule has 0 amide bonds. The Bertz CT molecular complexity index is 312. The number of ketones is 1. The zero-order valence-electron chi connectivity index (χ0n) is 7.50. The van der Waals surface area contributed by atoms with Crippen LogP contribution in [0.25, 0.3) is 0 Å².